The molecule has 0 N–H and O–H groups in total. The van der Waals surface area contributed by atoms with E-state index in [1.807, 2.05) is 11.8 Å². The van der Waals surface area contributed by atoms with Crippen molar-refractivity contribution in [1.29, 1.82) is 0 Å². The minimum Gasteiger partial charge on any atom is -0.158 e. The van der Waals surface area contributed by atoms with Crippen molar-refractivity contribution in [2.24, 2.45) is 5.41 Å². The Morgan fingerprint density at radius 1 is 1.25 bits per heavy atom. The number of hydrogen-bond donors (Lipinski definition) is 0. The third-order valence-electron chi connectivity index (χ3n) is 2.03. The van der Waals surface area contributed by atoms with Gasteiger partial charge in [0.25, 0.3) is 0 Å². The fourth-order valence-electron chi connectivity index (χ4n) is 0.828. The smallest absolute Gasteiger partial charge is 0.00959 e. The lowest BCUT2D eigenvalue weighted by atomic mass is 9.93. The molecule has 1 atom stereocenters. The largest absolute Gasteiger partial charge is 0.158 e. The summed E-state index contributed by atoms with van der Waals surface area (Å²) in [6.45, 7) is 13.2. The molecule has 1 unspecified atom stereocenters. The summed E-state index contributed by atoms with van der Waals surface area (Å²) in [6, 6.07) is 0. The predicted octanol–water partition coefficient (Wildman–Crippen LogP) is 4.16. The van der Waals surface area contributed by atoms with Gasteiger partial charge in [0.1, 0.15) is 0 Å². The highest BCUT2D eigenvalue weighted by atomic mass is 32.2. The van der Waals surface area contributed by atoms with Crippen LogP contribution in [0.5, 0.6) is 0 Å². The molecule has 0 aromatic carbocycles. The van der Waals surface area contributed by atoms with Gasteiger partial charge in [-0.15, -0.1) is 0 Å². The Balaban J connectivity index is 3.38. The Bertz CT molecular complexity index is 102. The van der Waals surface area contributed by atoms with Crippen LogP contribution < -0.4 is 0 Å². The van der Waals surface area contributed by atoms with E-state index in [2.05, 4.69) is 34.6 Å². The van der Waals surface area contributed by atoms with Gasteiger partial charge in [0.2, 0.25) is 0 Å². The molecule has 1 heteroatoms. The van der Waals surface area contributed by atoms with Gasteiger partial charge in [-0.2, -0.15) is 11.8 Å². The molecule has 0 aromatic rings. The summed E-state index contributed by atoms with van der Waals surface area (Å²) in [5, 5.41) is 0.536. The van der Waals surface area contributed by atoms with E-state index >= 15 is 0 Å². The quantitative estimate of drug-likeness (QED) is 0.582. The van der Waals surface area contributed by atoms with Gasteiger partial charge in [-0.25, -0.2) is 0 Å². The Labute approximate surface area is 82.5 Å². The van der Waals surface area contributed by atoms with E-state index in [4.69, 9.17) is 0 Å². The molecule has 12 heavy (non-hydrogen) atoms. The predicted molar refractivity (Wildman–Crippen MR) is 60.6 cm³/mol. The lowest BCUT2D eigenvalue weighted by Gasteiger charge is -2.26. The second kappa shape index (κ2) is 5.90. The molecule has 73 valence electrons. The van der Waals surface area contributed by atoms with Crippen LogP contribution in [-0.2, 0) is 0 Å². The normalized spacial score (nSPS) is 14.8. The number of thioether (sulfide) groups is 1. The van der Waals surface area contributed by atoms with Crippen LogP contribution in [0.25, 0.3) is 0 Å². The van der Waals surface area contributed by atoms with Gasteiger partial charge >= 0.3 is 0 Å². The van der Waals surface area contributed by atoms with Crippen LogP contribution in [0.2, 0.25) is 0 Å². The molecule has 0 fully saturated rings. The van der Waals surface area contributed by atoms with Crippen molar-refractivity contribution in [3.8, 4) is 0 Å². The van der Waals surface area contributed by atoms with Crippen LogP contribution in [0.4, 0.5) is 0 Å². The maximum atomic E-state index is 4.17. The van der Waals surface area contributed by atoms with E-state index < -0.39 is 0 Å². The van der Waals surface area contributed by atoms with Gasteiger partial charge < -0.3 is 0 Å². The maximum Gasteiger partial charge on any atom is 0.00959 e. The average molecular weight is 187 g/mol. The molecule has 0 aliphatic rings. The van der Waals surface area contributed by atoms with Gasteiger partial charge in [0.05, 0.1) is 0 Å². The summed E-state index contributed by atoms with van der Waals surface area (Å²) in [5.74, 6) is 1.28. The van der Waals surface area contributed by atoms with Crippen LogP contribution in [0.15, 0.2) is 0 Å². The molecule has 0 bridgehead atoms. The average Bonchev–Trinajstić information content (AvgIpc) is 1.96. The Kier molecular flexibility index (Phi) is 6.08. The summed E-state index contributed by atoms with van der Waals surface area (Å²) in [4.78, 5) is 0. The molecular weight excluding hydrogens is 164 g/mol. The zero-order valence-corrected chi connectivity index (χ0v) is 9.84. The molecule has 0 rings (SSSR count). The first-order chi connectivity index (χ1) is 5.48. The lowest BCUT2D eigenvalue weighted by molar-refractivity contribution is 0.430. The van der Waals surface area contributed by atoms with Gasteiger partial charge in [0, 0.05) is 5.25 Å². The van der Waals surface area contributed by atoms with Gasteiger partial charge in [-0.1, -0.05) is 40.5 Å². The monoisotopic (exact) mass is 187 g/mol. The first-order valence-electron chi connectivity index (χ1n) is 4.93. The standard InChI is InChI=1S/C11H23S/c1-6-7-8-9-12-10(2)11(3,4)5/h10H,2,6-9H2,1,3-5H3. The Morgan fingerprint density at radius 2 is 1.83 bits per heavy atom. The van der Waals surface area contributed by atoms with E-state index in [1.54, 1.807) is 0 Å². The zero-order valence-electron chi connectivity index (χ0n) is 9.02. The van der Waals surface area contributed by atoms with Gasteiger partial charge in [-0.05, 0) is 24.5 Å². The topological polar surface area (TPSA) is 0 Å². The number of unbranched alkanes of at least 4 members (excludes halogenated alkanes) is 2. The summed E-state index contributed by atoms with van der Waals surface area (Å²) >= 11 is 2.01. The van der Waals surface area contributed by atoms with Crippen LogP contribution >= 0.6 is 11.8 Å². The van der Waals surface area contributed by atoms with Crippen molar-refractivity contribution in [3.63, 3.8) is 0 Å². The van der Waals surface area contributed by atoms with E-state index in [1.165, 1.54) is 25.0 Å². The molecule has 0 aliphatic heterocycles. The molecule has 0 amide bonds. The molecule has 0 saturated carbocycles. The minimum absolute atomic E-state index is 0.358. The molecule has 0 aromatic heterocycles. The summed E-state index contributed by atoms with van der Waals surface area (Å²) < 4.78 is 0. The van der Waals surface area contributed by atoms with Gasteiger partial charge in [-0.3, -0.25) is 0 Å². The highest BCUT2D eigenvalue weighted by Gasteiger charge is 2.19. The SMILES string of the molecule is [CH2]C(SCCCCC)C(C)(C)C. The molecular formula is C11H23S. The lowest BCUT2D eigenvalue weighted by Crippen LogP contribution is -2.20. The van der Waals surface area contributed by atoms with Crippen molar-refractivity contribution in [3.05, 3.63) is 6.92 Å². The molecule has 0 nitrogen and oxygen atoms in total. The Morgan fingerprint density at radius 3 is 2.25 bits per heavy atom. The fraction of sp³-hybridized carbons (Fsp3) is 0.909. The van der Waals surface area contributed by atoms with Crippen molar-refractivity contribution in [2.45, 2.75) is 52.2 Å². The van der Waals surface area contributed by atoms with Crippen molar-refractivity contribution in [1.82, 2.24) is 0 Å². The summed E-state index contributed by atoms with van der Waals surface area (Å²) in [6.07, 6.45) is 4.03. The zero-order chi connectivity index (χ0) is 9.61. The minimum atomic E-state index is 0.358. The fourth-order valence-corrected chi connectivity index (χ4v) is 1.98. The molecule has 1 radical (unpaired) electrons. The molecule has 0 saturated heterocycles. The third kappa shape index (κ3) is 5.93. The van der Waals surface area contributed by atoms with Crippen LogP contribution in [0.3, 0.4) is 0 Å². The second-order valence-electron chi connectivity index (χ2n) is 4.43. The molecule has 0 heterocycles. The third-order valence-corrected chi connectivity index (χ3v) is 3.67. The maximum absolute atomic E-state index is 4.17. The summed E-state index contributed by atoms with van der Waals surface area (Å²) in [5.41, 5.74) is 0.358. The van der Waals surface area contributed by atoms with E-state index in [0.717, 1.165) is 0 Å². The number of hydrogen-bond acceptors (Lipinski definition) is 1. The van der Waals surface area contributed by atoms with Crippen molar-refractivity contribution in [2.75, 3.05) is 5.75 Å². The Hall–Kier alpha value is 0.350. The van der Waals surface area contributed by atoms with Crippen LogP contribution in [-0.4, -0.2) is 11.0 Å². The highest BCUT2D eigenvalue weighted by Crippen LogP contribution is 2.29. The second-order valence-corrected chi connectivity index (χ2v) is 5.74. The molecule has 0 aliphatic carbocycles. The summed E-state index contributed by atoms with van der Waals surface area (Å²) in [7, 11) is 0. The van der Waals surface area contributed by atoms with E-state index in [9.17, 15) is 0 Å². The number of rotatable bonds is 5. The van der Waals surface area contributed by atoms with Crippen molar-refractivity contribution >= 4 is 11.8 Å². The van der Waals surface area contributed by atoms with Crippen molar-refractivity contribution < 1.29 is 0 Å². The van der Waals surface area contributed by atoms with Gasteiger partial charge in [0.15, 0.2) is 0 Å². The first-order valence-corrected chi connectivity index (χ1v) is 5.98. The van der Waals surface area contributed by atoms with E-state index in [0.29, 0.717) is 10.7 Å². The van der Waals surface area contributed by atoms with Crippen LogP contribution in [0.1, 0.15) is 47.0 Å². The molecule has 0 spiro atoms. The van der Waals surface area contributed by atoms with Crippen LogP contribution in [0, 0.1) is 12.3 Å². The highest BCUT2D eigenvalue weighted by molar-refractivity contribution is 8.00. The first kappa shape index (κ1) is 12.3. The van der Waals surface area contributed by atoms with E-state index in [-0.39, 0.29) is 0 Å².